The molecule has 1 aromatic rings. The van der Waals surface area contributed by atoms with E-state index in [2.05, 4.69) is 17.0 Å². The minimum absolute atomic E-state index is 0.679. The number of amidine groups is 1. The second-order valence-electron chi connectivity index (χ2n) is 3.13. The van der Waals surface area contributed by atoms with Crippen LogP contribution >= 0.6 is 0 Å². The number of aryl methyl sites for hydroxylation is 2. The molecule has 72 valence electrons. The molecular formula is C9H16N4. The Morgan fingerprint density at radius 1 is 1.69 bits per heavy atom. The quantitative estimate of drug-likeness (QED) is 0.566. The van der Waals surface area contributed by atoms with Gasteiger partial charge in [0, 0.05) is 13.5 Å². The van der Waals surface area contributed by atoms with E-state index >= 15 is 0 Å². The minimum atomic E-state index is 0.679. The van der Waals surface area contributed by atoms with E-state index < -0.39 is 0 Å². The molecule has 4 nitrogen and oxygen atoms in total. The summed E-state index contributed by atoms with van der Waals surface area (Å²) in [7, 11) is 1.88. The second kappa shape index (κ2) is 4.07. The SMILES string of the molecule is CCCC(N)=Nc1cn(C)nc1C. The molecule has 0 aliphatic rings. The van der Waals surface area contributed by atoms with Crippen molar-refractivity contribution in [1.29, 1.82) is 0 Å². The molecule has 1 heterocycles. The lowest BCUT2D eigenvalue weighted by Crippen LogP contribution is -2.09. The number of hydrogen-bond donors (Lipinski definition) is 1. The zero-order valence-electron chi connectivity index (χ0n) is 8.41. The van der Waals surface area contributed by atoms with Gasteiger partial charge in [0.2, 0.25) is 0 Å². The fourth-order valence-corrected chi connectivity index (χ4v) is 1.16. The Balaban J connectivity index is 2.83. The van der Waals surface area contributed by atoms with Crippen LogP contribution in [0.3, 0.4) is 0 Å². The van der Waals surface area contributed by atoms with Gasteiger partial charge in [-0.1, -0.05) is 6.92 Å². The van der Waals surface area contributed by atoms with E-state index in [0.29, 0.717) is 5.84 Å². The lowest BCUT2D eigenvalue weighted by Gasteiger charge is -1.95. The highest BCUT2D eigenvalue weighted by molar-refractivity contribution is 5.83. The fourth-order valence-electron chi connectivity index (χ4n) is 1.16. The molecule has 0 saturated carbocycles. The minimum Gasteiger partial charge on any atom is -0.387 e. The number of aliphatic imine (C=N–C) groups is 1. The van der Waals surface area contributed by atoms with Gasteiger partial charge in [-0.2, -0.15) is 5.10 Å². The van der Waals surface area contributed by atoms with Crippen LogP contribution < -0.4 is 5.73 Å². The maximum Gasteiger partial charge on any atom is 0.106 e. The van der Waals surface area contributed by atoms with Gasteiger partial charge >= 0.3 is 0 Å². The highest BCUT2D eigenvalue weighted by Gasteiger charge is 2.01. The Morgan fingerprint density at radius 3 is 2.85 bits per heavy atom. The first-order valence-corrected chi connectivity index (χ1v) is 4.46. The predicted octanol–water partition coefficient (Wildman–Crippen LogP) is 1.52. The molecule has 4 heteroatoms. The molecule has 2 N–H and O–H groups in total. The van der Waals surface area contributed by atoms with Gasteiger partial charge in [0.25, 0.3) is 0 Å². The Morgan fingerprint density at radius 2 is 2.38 bits per heavy atom. The fraction of sp³-hybridized carbons (Fsp3) is 0.556. The van der Waals surface area contributed by atoms with Crippen molar-refractivity contribution in [3.8, 4) is 0 Å². The number of aromatic nitrogens is 2. The molecule has 0 bridgehead atoms. The third kappa shape index (κ3) is 2.57. The first-order valence-electron chi connectivity index (χ1n) is 4.46. The van der Waals surface area contributed by atoms with Crippen molar-refractivity contribution in [3.05, 3.63) is 11.9 Å². The molecule has 13 heavy (non-hydrogen) atoms. The average Bonchev–Trinajstić information content (AvgIpc) is 2.30. The van der Waals surface area contributed by atoms with Crippen LogP contribution in [0.2, 0.25) is 0 Å². The van der Waals surface area contributed by atoms with Gasteiger partial charge in [0.05, 0.1) is 17.7 Å². The van der Waals surface area contributed by atoms with Crippen molar-refractivity contribution in [2.75, 3.05) is 0 Å². The van der Waals surface area contributed by atoms with Crippen LogP contribution in [-0.4, -0.2) is 15.6 Å². The van der Waals surface area contributed by atoms with Crippen molar-refractivity contribution >= 4 is 11.5 Å². The molecule has 1 aromatic heterocycles. The zero-order valence-corrected chi connectivity index (χ0v) is 8.41. The van der Waals surface area contributed by atoms with E-state index in [1.807, 2.05) is 20.2 Å². The third-order valence-corrected chi connectivity index (χ3v) is 1.76. The maximum atomic E-state index is 5.71. The monoisotopic (exact) mass is 180 g/mol. The molecule has 0 aliphatic carbocycles. The largest absolute Gasteiger partial charge is 0.387 e. The van der Waals surface area contributed by atoms with Crippen molar-refractivity contribution in [2.45, 2.75) is 26.7 Å². The molecule has 0 aliphatic heterocycles. The van der Waals surface area contributed by atoms with Gasteiger partial charge in [-0.05, 0) is 13.3 Å². The van der Waals surface area contributed by atoms with E-state index in [1.54, 1.807) is 4.68 Å². The highest BCUT2D eigenvalue weighted by Crippen LogP contribution is 2.15. The summed E-state index contributed by atoms with van der Waals surface area (Å²) in [5.41, 5.74) is 7.49. The smallest absolute Gasteiger partial charge is 0.106 e. The molecule has 0 fully saturated rings. The van der Waals surface area contributed by atoms with E-state index in [0.717, 1.165) is 24.2 Å². The Labute approximate surface area is 78.5 Å². The van der Waals surface area contributed by atoms with Crippen LogP contribution in [0, 0.1) is 6.92 Å². The molecular weight excluding hydrogens is 164 g/mol. The van der Waals surface area contributed by atoms with Crippen molar-refractivity contribution in [3.63, 3.8) is 0 Å². The average molecular weight is 180 g/mol. The van der Waals surface area contributed by atoms with E-state index in [4.69, 9.17) is 5.73 Å². The molecule has 0 atom stereocenters. The predicted molar refractivity (Wildman–Crippen MR) is 54.1 cm³/mol. The van der Waals surface area contributed by atoms with Crippen molar-refractivity contribution in [2.24, 2.45) is 17.8 Å². The summed E-state index contributed by atoms with van der Waals surface area (Å²) in [5, 5.41) is 4.18. The van der Waals surface area contributed by atoms with E-state index in [-0.39, 0.29) is 0 Å². The van der Waals surface area contributed by atoms with Crippen LogP contribution in [0.4, 0.5) is 5.69 Å². The van der Waals surface area contributed by atoms with Crippen LogP contribution in [0.15, 0.2) is 11.2 Å². The summed E-state index contributed by atoms with van der Waals surface area (Å²) < 4.78 is 1.74. The van der Waals surface area contributed by atoms with Gasteiger partial charge in [-0.15, -0.1) is 0 Å². The van der Waals surface area contributed by atoms with Gasteiger partial charge in [0.1, 0.15) is 5.69 Å². The summed E-state index contributed by atoms with van der Waals surface area (Å²) in [6, 6.07) is 0. The molecule has 0 amide bonds. The molecule has 0 radical (unpaired) electrons. The van der Waals surface area contributed by atoms with Gasteiger partial charge in [0.15, 0.2) is 0 Å². The summed E-state index contributed by atoms with van der Waals surface area (Å²) in [5.74, 6) is 0.679. The van der Waals surface area contributed by atoms with Crippen LogP contribution in [0.25, 0.3) is 0 Å². The van der Waals surface area contributed by atoms with Crippen LogP contribution in [0.5, 0.6) is 0 Å². The molecule has 0 unspecified atom stereocenters. The summed E-state index contributed by atoms with van der Waals surface area (Å²) >= 11 is 0. The maximum absolute atomic E-state index is 5.71. The van der Waals surface area contributed by atoms with Crippen LogP contribution in [0.1, 0.15) is 25.5 Å². The zero-order chi connectivity index (χ0) is 9.84. The summed E-state index contributed by atoms with van der Waals surface area (Å²) in [6.07, 6.45) is 3.74. The third-order valence-electron chi connectivity index (χ3n) is 1.76. The first-order chi connectivity index (χ1) is 6.13. The van der Waals surface area contributed by atoms with Gasteiger partial charge < -0.3 is 5.73 Å². The lowest BCUT2D eigenvalue weighted by atomic mass is 10.3. The van der Waals surface area contributed by atoms with Crippen molar-refractivity contribution in [1.82, 2.24) is 9.78 Å². The molecule has 0 spiro atoms. The summed E-state index contributed by atoms with van der Waals surface area (Å²) in [6.45, 7) is 4.01. The van der Waals surface area contributed by atoms with Gasteiger partial charge in [-0.3, -0.25) is 4.68 Å². The molecule has 0 aromatic carbocycles. The van der Waals surface area contributed by atoms with Crippen LogP contribution in [-0.2, 0) is 7.05 Å². The molecule has 1 rings (SSSR count). The molecule has 0 saturated heterocycles. The standard InChI is InChI=1S/C9H16N4/c1-4-5-9(10)11-8-6-13(3)12-7(8)2/h6H,4-5H2,1-3H3,(H2,10,11). The second-order valence-corrected chi connectivity index (χ2v) is 3.13. The topological polar surface area (TPSA) is 56.2 Å². The summed E-state index contributed by atoms with van der Waals surface area (Å²) in [4.78, 5) is 4.28. The number of nitrogens with zero attached hydrogens (tertiary/aromatic N) is 3. The van der Waals surface area contributed by atoms with E-state index in [1.165, 1.54) is 0 Å². The first kappa shape index (κ1) is 9.77. The Bertz CT molecular complexity index is 311. The van der Waals surface area contributed by atoms with Gasteiger partial charge in [-0.25, -0.2) is 4.99 Å². The normalized spacial score (nSPS) is 12.1. The Hall–Kier alpha value is -1.32. The number of nitrogens with two attached hydrogens (primary N) is 1. The Kier molecular flexibility index (Phi) is 3.06. The van der Waals surface area contributed by atoms with Crippen molar-refractivity contribution < 1.29 is 0 Å². The highest BCUT2D eigenvalue weighted by atomic mass is 15.3. The van der Waals surface area contributed by atoms with E-state index in [9.17, 15) is 0 Å². The number of hydrogen-bond acceptors (Lipinski definition) is 2. The lowest BCUT2D eigenvalue weighted by molar-refractivity contribution is 0.756. The number of rotatable bonds is 3.